The van der Waals surface area contributed by atoms with E-state index in [4.69, 9.17) is 4.74 Å². The fourth-order valence-corrected chi connectivity index (χ4v) is 5.57. The molecule has 0 saturated carbocycles. The lowest BCUT2D eigenvalue weighted by atomic mass is 10.1. The summed E-state index contributed by atoms with van der Waals surface area (Å²) in [5, 5.41) is 12.0. The molecule has 0 bridgehead atoms. The molecule has 1 aromatic carbocycles. The second kappa shape index (κ2) is 27.9. The van der Waals surface area contributed by atoms with Crippen molar-refractivity contribution in [2.45, 2.75) is 168 Å². The maximum Gasteiger partial charge on any atom is 0.408 e. The van der Waals surface area contributed by atoms with E-state index in [1.165, 1.54) is 103 Å². The van der Waals surface area contributed by atoms with Crippen molar-refractivity contribution in [2.24, 2.45) is 0 Å². The zero-order valence-electron chi connectivity index (χ0n) is 28.2. The third-order valence-electron chi connectivity index (χ3n) is 8.32. The quantitative estimate of drug-likeness (QED) is 0.0874. The first kappa shape index (κ1) is 39.5. The summed E-state index contributed by atoms with van der Waals surface area (Å²) in [6.45, 7) is 5.85. The zero-order chi connectivity index (χ0) is 32.1. The monoisotopic (exact) mass is 616 g/mol. The van der Waals surface area contributed by atoms with Crippen LogP contribution in [-0.4, -0.2) is 47.1 Å². The minimum Gasteiger partial charge on any atom is -0.481 e. The van der Waals surface area contributed by atoms with Gasteiger partial charge in [-0.3, -0.25) is 9.59 Å². The van der Waals surface area contributed by atoms with Gasteiger partial charge < -0.3 is 20.1 Å². The smallest absolute Gasteiger partial charge is 0.408 e. The Morgan fingerprint density at radius 3 is 1.55 bits per heavy atom. The van der Waals surface area contributed by atoms with Gasteiger partial charge >= 0.3 is 12.1 Å². The molecule has 7 nitrogen and oxygen atoms in total. The molecule has 0 radical (unpaired) electrons. The van der Waals surface area contributed by atoms with Crippen LogP contribution in [0.5, 0.6) is 0 Å². The van der Waals surface area contributed by atoms with Crippen LogP contribution in [0.1, 0.15) is 161 Å². The van der Waals surface area contributed by atoms with Crippen LogP contribution < -0.4 is 5.32 Å². The number of nitrogens with zero attached hydrogens (tertiary/aromatic N) is 1. The van der Waals surface area contributed by atoms with Crippen LogP contribution in [0.3, 0.4) is 0 Å². The van der Waals surface area contributed by atoms with Gasteiger partial charge in [0.15, 0.2) is 0 Å². The van der Waals surface area contributed by atoms with E-state index in [0.717, 1.165) is 31.2 Å². The second-order valence-electron chi connectivity index (χ2n) is 12.4. The number of benzene rings is 1. The van der Waals surface area contributed by atoms with Gasteiger partial charge in [-0.15, -0.1) is 0 Å². The molecule has 2 amide bonds. The van der Waals surface area contributed by atoms with Gasteiger partial charge in [0.1, 0.15) is 12.6 Å². The first-order valence-electron chi connectivity index (χ1n) is 18.0. The molecule has 0 aliphatic heterocycles. The van der Waals surface area contributed by atoms with Crippen LogP contribution in [0.25, 0.3) is 0 Å². The Morgan fingerprint density at radius 1 is 0.682 bits per heavy atom. The Bertz CT molecular complexity index is 824. The predicted molar refractivity (Wildman–Crippen MR) is 181 cm³/mol. The number of carboxylic acids is 1. The number of amides is 2. The van der Waals surface area contributed by atoms with Crippen LogP contribution in [0.4, 0.5) is 4.79 Å². The van der Waals surface area contributed by atoms with E-state index in [-0.39, 0.29) is 25.4 Å². The summed E-state index contributed by atoms with van der Waals surface area (Å²) >= 11 is 0. The summed E-state index contributed by atoms with van der Waals surface area (Å²) in [6.07, 6.45) is 23.6. The molecule has 0 unspecified atom stereocenters. The lowest BCUT2D eigenvalue weighted by Crippen LogP contribution is -2.49. The number of rotatable bonds is 29. The Hall–Kier alpha value is -2.57. The number of unbranched alkanes of at least 4 members (excludes halogenated alkanes) is 18. The largest absolute Gasteiger partial charge is 0.481 e. The highest BCUT2D eigenvalue weighted by atomic mass is 16.5. The maximum atomic E-state index is 13.7. The number of ether oxygens (including phenoxy) is 1. The van der Waals surface area contributed by atoms with Crippen LogP contribution in [0, 0.1) is 0 Å². The predicted octanol–water partition coefficient (Wildman–Crippen LogP) is 9.82. The number of carbonyl (C=O) groups is 3. The summed E-state index contributed by atoms with van der Waals surface area (Å²) in [7, 11) is 0. The molecule has 1 aromatic rings. The van der Waals surface area contributed by atoms with E-state index in [1.54, 1.807) is 0 Å². The highest BCUT2D eigenvalue weighted by Gasteiger charge is 2.27. The molecule has 0 aliphatic rings. The Kier molecular flexibility index (Phi) is 25.1. The number of hydrogen-bond donors (Lipinski definition) is 2. The normalized spacial score (nSPS) is 11.7. The highest BCUT2D eigenvalue weighted by Crippen LogP contribution is 2.14. The number of alkyl carbamates (subject to hydrolysis) is 1. The van der Waals surface area contributed by atoms with Gasteiger partial charge in [0, 0.05) is 19.5 Å². The number of carboxylic acid groups (broad SMARTS) is 1. The molecule has 252 valence electrons. The van der Waals surface area contributed by atoms with Crippen molar-refractivity contribution in [3.8, 4) is 0 Å². The average Bonchev–Trinajstić information content (AvgIpc) is 3.02. The van der Waals surface area contributed by atoms with Crippen LogP contribution in [0.2, 0.25) is 0 Å². The maximum absolute atomic E-state index is 13.7. The van der Waals surface area contributed by atoms with Crippen LogP contribution >= 0.6 is 0 Å². The fraction of sp³-hybridized carbons (Fsp3) is 0.757. The molecular weight excluding hydrogens is 552 g/mol. The number of carbonyl (C=O) groups excluding carboxylic acids is 2. The number of aliphatic carboxylic acids is 1. The van der Waals surface area contributed by atoms with Gasteiger partial charge in [0.2, 0.25) is 5.91 Å². The molecule has 0 saturated heterocycles. The third-order valence-corrected chi connectivity index (χ3v) is 8.32. The molecule has 1 atom stereocenters. The van der Waals surface area contributed by atoms with Gasteiger partial charge in [0.05, 0.1) is 0 Å². The van der Waals surface area contributed by atoms with Crippen LogP contribution in [-0.2, 0) is 20.9 Å². The van der Waals surface area contributed by atoms with Crippen molar-refractivity contribution < 1.29 is 24.2 Å². The minimum absolute atomic E-state index is 0.0428. The molecule has 0 aliphatic carbocycles. The SMILES string of the molecule is CCCCCCCCCCCCN(CCCCCCCCCCCC)C(=O)[C@H](CCC(=O)O)NC(=O)OCc1ccccc1. The molecule has 0 fully saturated rings. The van der Waals surface area contributed by atoms with E-state index < -0.39 is 18.1 Å². The summed E-state index contributed by atoms with van der Waals surface area (Å²) in [4.78, 5) is 39.6. The Morgan fingerprint density at radius 2 is 1.11 bits per heavy atom. The van der Waals surface area contributed by atoms with Crippen molar-refractivity contribution in [1.29, 1.82) is 0 Å². The molecule has 7 heteroatoms. The lowest BCUT2D eigenvalue weighted by Gasteiger charge is -2.28. The summed E-state index contributed by atoms with van der Waals surface area (Å²) in [6, 6.07) is 8.44. The van der Waals surface area contributed by atoms with E-state index in [1.807, 2.05) is 35.2 Å². The lowest BCUT2D eigenvalue weighted by molar-refractivity contribution is -0.138. The van der Waals surface area contributed by atoms with Gasteiger partial charge in [-0.2, -0.15) is 0 Å². The molecular formula is C37H64N2O5. The van der Waals surface area contributed by atoms with Crippen molar-refractivity contribution in [1.82, 2.24) is 10.2 Å². The summed E-state index contributed by atoms with van der Waals surface area (Å²) in [5.41, 5.74) is 0.847. The number of nitrogens with one attached hydrogen (secondary N) is 1. The van der Waals surface area contributed by atoms with Gasteiger partial charge in [-0.05, 0) is 24.8 Å². The molecule has 0 aromatic heterocycles. The van der Waals surface area contributed by atoms with Crippen molar-refractivity contribution >= 4 is 18.0 Å². The fourth-order valence-electron chi connectivity index (χ4n) is 5.57. The average molecular weight is 617 g/mol. The topological polar surface area (TPSA) is 95.9 Å². The van der Waals surface area contributed by atoms with Gasteiger partial charge in [-0.25, -0.2) is 4.79 Å². The summed E-state index contributed by atoms with van der Waals surface area (Å²) < 4.78 is 5.36. The highest BCUT2D eigenvalue weighted by molar-refractivity contribution is 5.86. The van der Waals surface area contributed by atoms with E-state index in [9.17, 15) is 19.5 Å². The zero-order valence-corrected chi connectivity index (χ0v) is 28.2. The second-order valence-corrected chi connectivity index (χ2v) is 12.4. The van der Waals surface area contributed by atoms with E-state index >= 15 is 0 Å². The van der Waals surface area contributed by atoms with Gasteiger partial charge in [0.25, 0.3) is 0 Å². The molecule has 44 heavy (non-hydrogen) atoms. The molecule has 2 N–H and O–H groups in total. The van der Waals surface area contributed by atoms with E-state index in [0.29, 0.717) is 13.1 Å². The first-order chi connectivity index (χ1) is 21.5. The van der Waals surface area contributed by atoms with Crippen LogP contribution in [0.15, 0.2) is 30.3 Å². The van der Waals surface area contributed by atoms with Crippen molar-refractivity contribution in [3.63, 3.8) is 0 Å². The standard InChI is InChI=1S/C37H64N2O5/c1-3-5-7-9-11-13-15-17-19-24-30-39(31-25-20-18-16-14-12-10-8-6-4-2)36(42)34(28-29-35(40)41)38-37(43)44-32-33-26-22-21-23-27-33/h21-23,26-27,34H,3-20,24-25,28-32H2,1-2H3,(H,38,43)(H,40,41)/t34-/m0/s1. The van der Waals surface area contributed by atoms with Crippen molar-refractivity contribution in [2.75, 3.05) is 13.1 Å². The minimum atomic E-state index is -0.988. The Labute approximate surface area is 268 Å². The van der Waals surface area contributed by atoms with E-state index in [2.05, 4.69) is 19.2 Å². The molecule has 1 rings (SSSR count). The molecule has 0 heterocycles. The van der Waals surface area contributed by atoms with Gasteiger partial charge in [-0.1, -0.05) is 160 Å². The summed E-state index contributed by atoms with van der Waals surface area (Å²) in [5.74, 6) is -1.19. The number of hydrogen-bond acceptors (Lipinski definition) is 4. The Balaban J connectivity index is 2.62. The molecule has 0 spiro atoms. The van der Waals surface area contributed by atoms with Crippen molar-refractivity contribution in [3.05, 3.63) is 35.9 Å². The third kappa shape index (κ3) is 22.0. The first-order valence-corrected chi connectivity index (χ1v) is 18.0.